The molecule has 0 bridgehead atoms. The molecule has 1 aromatic heterocycles. The number of fused-ring (bicyclic) bond motifs is 3. The van der Waals surface area contributed by atoms with E-state index in [2.05, 4.69) is 4.98 Å². The Morgan fingerprint density at radius 2 is 1.24 bits per heavy atom. The first-order valence-electron chi connectivity index (χ1n) is 6.63. The zero-order chi connectivity index (χ0) is 13.6. The van der Waals surface area contributed by atoms with Gasteiger partial charge in [0.1, 0.15) is 0 Å². The van der Waals surface area contributed by atoms with Gasteiger partial charge in [0.25, 0.3) is 0 Å². The predicted octanol–water partition coefficient (Wildman–Crippen LogP) is -0.282. The Kier molecular flexibility index (Phi) is 3.47. The Morgan fingerprint density at radius 1 is 0.714 bits per heavy atom. The van der Waals surface area contributed by atoms with Crippen molar-refractivity contribution in [2.24, 2.45) is 0 Å². The van der Waals surface area contributed by atoms with E-state index in [0.717, 1.165) is 22.3 Å². The molecule has 0 saturated heterocycles. The van der Waals surface area contributed by atoms with E-state index in [4.69, 9.17) is 0 Å². The second-order valence-electron chi connectivity index (χ2n) is 4.99. The van der Waals surface area contributed by atoms with Crippen molar-refractivity contribution in [2.45, 2.75) is 5.60 Å². The van der Waals surface area contributed by atoms with E-state index in [1.807, 2.05) is 66.7 Å². The minimum atomic E-state index is -1.41. The molecule has 21 heavy (non-hydrogen) atoms. The third-order valence-electron chi connectivity index (χ3n) is 3.93. The molecule has 0 N–H and O–H groups in total. The van der Waals surface area contributed by atoms with Crippen LogP contribution in [0.15, 0.2) is 72.9 Å². The molecule has 0 radical (unpaired) electrons. The van der Waals surface area contributed by atoms with Crippen LogP contribution >= 0.6 is 0 Å². The molecule has 3 aromatic rings. The van der Waals surface area contributed by atoms with Gasteiger partial charge in [-0.2, -0.15) is 0 Å². The van der Waals surface area contributed by atoms with Gasteiger partial charge >= 0.3 is 18.9 Å². The summed E-state index contributed by atoms with van der Waals surface area (Å²) >= 11 is 0. The standard InChI is InChI=1S/C18H12NO.Li/c20-18(17-11-5-6-12-19-17)15-9-3-1-7-13(15)14-8-2-4-10-16(14)18;/h1-12H;/q-1;+1. The molecule has 4 rings (SSSR count). The van der Waals surface area contributed by atoms with Crippen LogP contribution in [0.5, 0.6) is 0 Å². The maximum Gasteiger partial charge on any atom is 1.00 e. The summed E-state index contributed by atoms with van der Waals surface area (Å²) in [6.07, 6.45) is 1.68. The van der Waals surface area contributed by atoms with Gasteiger partial charge in [0.05, 0.1) is 0 Å². The van der Waals surface area contributed by atoms with Crippen molar-refractivity contribution in [3.8, 4) is 11.1 Å². The van der Waals surface area contributed by atoms with Gasteiger partial charge in [-0.05, 0) is 40.0 Å². The molecule has 2 aromatic carbocycles. The van der Waals surface area contributed by atoms with Crippen LogP contribution in [0.3, 0.4) is 0 Å². The van der Waals surface area contributed by atoms with E-state index in [-0.39, 0.29) is 18.9 Å². The first kappa shape index (κ1) is 14.1. The summed E-state index contributed by atoms with van der Waals surface area (Å²) in [6, 6.07) is 21.1. The fourth-order valence-electron chi connectivity index (χ4n) is 3.04. The van der Waals surface area contributed by atoms with Crippen molar-refractivity contribution in [3.05, 3.63) is 89.7 Å². The van der Waals surface area contributed by atoms with Gasteiger partial charge in [0.15, 0.2) is 0 Å². The second-order valence-corrected chi connectivity index (χ2v) is 4.99. The molecule has 1 aliphatic rings. The summed E-state index contributed by atoms with van der Waals surface area (Å²) < 4.78 is 0. The van der Waals surface area contributed by atoms with E-state index in [0.29, 0.717) is 5.69 Å². The van der Waals surface area contributed by atoms with Gasteiger partial charge in [0, 0.05) is 11.9 Å². The smallest absolute Gasteiger partial charge is 0.838 e. The number of pyridine rings is 1. The molecule has 0 saturated carbocycles. The Bertz CT molecular complexity index is 740. The van der Waals surface area contributed by atoms with E-state index in [1.54, 1.807) is 6.20 Å². The average molecular weight is 265 g/mol. The Morgan fingerprint density at radius 3 is 1.76 bits per heavy atom. The Hall–Kier alpha value is -1.85. The molecule has 0 fully saturated rings. The van der Waals surface area contributed by atoms with E-state index in [1.165, 1.54) is 0 Å². The van der Waals surface area contributed by atoms with Gasteiger partial charge in [0.2, 0.25) is 0 Å². The van der Waals surface area contributed by atoms with Crippen LogP contribution in [0.1, 0.15) is 16.8 Å². The number of nitrogens with zero attached hydrogens (tertiary/aromatic N) is 1. The normalized spacial score (nSPS) is 14.0. The SMILES string of the molecule is [Li+].[O-]C1(c2ccccn2)c2ccccc2-c2ccccc21. The number of rotatable bonds is 1. The summed E-state index contributed by atoms with van der Waals surface area (Å²) in [4.78, 5) is 4.32. The molecule has 1 aliphatic carbocycles. The number of hydrogen-bond donors (Lipinski definition) is 0. The third-order valence-corrected chi connectivity index (χ3v) is 3.93. The van der Waals surface area contributed by atoms with Crippen molar-refractivity contribution in [2.75, 3.05) is 0 Å². The van der Waals surface area contributed by atoms with Crippen LogP contribution in [0.4, 0.5) is 0 Å². The maximum atomic E-state index is 13.7. The van der Waals surface area contributed by atoms with Crippen molar-refractivity contribution < 1.29 is 24.0 Å². The van der Waals surface area contributed by atoms with Crippen LogP contribution in [-0.2, 0) is 5.60 Å². The van der Waals surface area contributed by atoms with E-state index in [9.17, 15) is 5.11 Å². The zero-order valence-corrected chi connectivity index (χ0v) is 11.8. The monoisotopic (exact) mass is 265 g/mol. The summed E-state index contributed by atoms with van der Waals surface area (Å²) in [5, 5.41) is 13.7. The fourth-order valence-corrected chi connectivity index (χ4v) is 3.04. The molecule has 3 heteroatoms. The predicted molar refractivity (Wildman–Crippen MR) is 76.0 cm³/mol. The molecular weight excluding hydrogens is 253 g/mol. The molecule has 0 aliphatic heterocycles. The zero-order valence-electron chi connectivity index (χ0n) is 11.8. The average Bonchev–Trinajstić information content (AvgIpc) is 2.80. The molecule has 1 heterocycles. The second kappa shape index (κ2) is 5.16. The van der Waals surface area contributed by atoms with Gasteiger partial charge in [-0.3, -0.25) is 4.98 Å². The fraction of sp³-hybridized carbons (Fsp3) is 0.0556. The van der Waals surface area contributed by atoms with Crippen LogP contribution in [0.2, 0.25) is 0 Å². The molecule has 0 unspecified atom stereocenters. The van der Waals surface area contributed by atoms with Crippen molar-refractivity contribution >= 4 is 0 Å². The van der Waals surface area contributed by atoms with Crippen LogP contribution in [0, 0.1) is 0 Å². The van der Waals surface area contributed by atoms with Gasteiger partial charge < -0.3 is 5.11 Å². The molecule has 2 nitrogen and oxygen atoms in total. The van der Waals surface area contributed by atoms with E-state index < -0.39 is 5.60 Å². The quantitative estimate of drug-likeness (QED) is 0.567. The van der Waals surface area contributed by atoms with Gasteiger partial charge in [-0.1, -0.05) is 54.6 Å². The summed E-state index contributed by atoms with van der Waals surface area (Å²) in [6.45, 7) is 0. The number of aromatic nitrogens is 1. The first-order valence-corrected chi connectivity index (χ1v) is 6.63. The minimum absolute atomic E-state index is 0. The maximum absolute atomic E-state index is 13.7. The first-order chi connectivity index (χ1) is 9.82. The van der Waals surface area contributed by atoms with Crippen LogP contribution < -0.4 is 24.0 Å². The van der Waals surface area contributed by atoms with Gasteiger partial charge in [-0.25, -0.2) is 0 Å². The summed E-state index contributed by atoms with van der Waals surface area (Å²) in [5.74, 6) is 0. The molecule has 0 atom stereocenters. The third kappa shape index (κ3) is 1.88. The molecule has 0 spiro atoms. The van der Waals surface area contributed by atoms with Crippen LogP contribution in [-0.4, -0.2) is 4.98 Å². The number of benzene rings is 2. The molecule has 0 amide bonds. The molecular formula is C18H12LiNO. The Balaban J connectivity index is 0.00000132. The molecule has 96 valence electrons. The summed E-state index contributed by atoms with van der Waals surface area (Å²) in [5.41, 5.74) is 2.76. The van der Waals surface area contributed by atoms with Crippen molar-refractivity contribution in [3.63, 3.8) is 0 Å². The Labute approximate surface area is 135 Å². The summed E-state index contributed by atoms with van der Waals surface area (Å²) in [7, 11) is 0. The topological polar surface area (TPSA) is 36.0 Å². The van der Waals surface area contributed by atoms with Gasteiger partial charge in [-0.15, -0.1) is 0 Å². The van der Waals surface area contributed by atoms with Crippen molar-refractivity contribution in [1.82, 2.24) is 4.98 Å². The van der Waals surface area contributed by atoms with Crippen molar-refractivity contribution in [1.29, 1.82) is 0 Å². The minimum Gasteiger partial charge on any atom is -0.838 e. The van der Waals surface area contributed by atoms with Crippen LogP contribution in [0.25, 0.3) is 11.1 Å². The van der Waals surface area contributed by atoms with E-state index >= 15 is 0 Å². The largest absolute Gasteiger partial charge is 1.00 e. The number of hydrogen-bond acceptors (Lipinski definition) is 2.